The van der Waals surface area contributed by atoms with E-state index in [2.05, 4.69) is 16.4 Å². The summed E-state index contributed by atoms with van der Waals surface area (Å²) in [5.41, 5.74) is 0. The fraction of sp³-hybridized carbons (Fsp3) is 0.750. The number of ether oxygens (including phenoxy) is 2. The van der Waals surface area contributed by atoms with Crippen molar-refractivity contribution in [3.05, 3.63) is 5.92 Å². The van der Waals surface area contributed by atoms with Crippen LogP contribution in [0.15, 0.2) is 0 Å². The molecule has 0 aromatic heterocycles. The van der Waals surface area contributed by atoms with Gasteiger partial charge < -0.3 is 9.47 Å². The van der Waals surface area contributed by atoms with E-state index in [1.54, 1.807) is 0 Å². The molecule has 0 aromatic carbocycles. The van der Waals surface area contributed by atoms with Crippen molar-refractivity contribution in [1.82, 2.24) is 0 Å². The second-order valence-electron chi connectivity index (χ2n) is 3.63. The Kier molecular flexibility index (Phi) is 8.58. The quantitative estimate of drug-likeness (QED) is 0.364. The van der Waals surface area contributed by atoms with E-state index < -0.39 is 11.9 Å². The van der Waals surface area contributed by atoms with Gasteiger partial charge in [0.25, 0.3) is 0 Å². The van der Waals surface area contributed by atoms with E-state index >= 15 is 0 Å². The van der Waals surface area contributed by atoms with Crippen molar-refractivity contribution >= 4 is 11.9 Å². The van der Waals surface area contributed by atoms with Gasteiger partial charge in [-0.1, -0.05) is 39.0 Å². The molecule has 0 saturated heterocycles. The lowest BCUT2D eigenvalue weighted by Gasteiger charge is -2.10. The molecule has 0 bridgehead atoms. The van der Waals surface area contributed by atoms with Gasteiger partial charge in [-0.2, -0.15) is 0 Å². The third-order valence-electron chi connectivity index (χ3n) is 2.39. The zero-order valence-corrected chi connectivity index (χ0v) is 10.4. The molecule has 0 N–H and O–H groups in total. The van der Waals surface area contributed by atoms with E-state index in [-0.39, 0.29) is 5.92 Å². The van der Waals surface area contributed by atoms with Crippen LogP contribution in [-0.2, 0) is 19.1 Å². The highest BCUT2D eigenvalue weighted by Crippen LogP contribution is 2.16. The summed E-state index contributed by atoms with van der Waals surface area (Å²) < 4.78 is 9.07. The summed E-state index contributed by atoms with van der Waals surface area (Å²) in [6, 6.07) is 0. The SMILES string of the molecule is CCCCCCC[C](C(=O)OC)C(=O)OC. The minimum absolute atomic E-state index is 0.112. The lowest BCUT2D eigenvalue weighted by molar-refractivity contribution is -0.148. The highest BCUT2D eigenvalue weighted by molar-refractivity contribution is 6.09. The van der Waals surface area contributed by atoms with E-state index in [9.17, 15) is 9.59 Å². The first-order valence-corrected chi connectivity index (χ1v) is 5.69. The largest absolute Gasteiger partial charge is 0.468 e. The molecule has 0 aromatic rings. The third-order valence-corrected chi connectivity index (χ3v) is 2.39. The van der Waals surface area contributed by atoms with Gasteiger partial charge in [0.2, 0.25) is 0 Å². The molecule has 0 atom stereocenters. The number of carbonyl (C=O) groups excluding carboxylic acids is 2. The van der Waals surface area contributed by atoms with Crippen LogP contribution in [0.3, 0.4) is 0 Å². The normalized spacial score (nSPS) is 10.2. The van der Waals surface area contributed by atoms with Crippen molar-refractivity contribution in [2.24, 2.45) is 0 Å². The predicted molar refractivity (Wildman–Crippen MR) is 60.7 cm³/mol. The Balaban J connectivity index is 3.93. The topological polar surface area (TPSA) is 52.6 Å². The molecule has 4 nitrogen and oxygen atoms in total. The van der Waals surface area contributed by atoms with Gasteiger partial charge in [0.15, 0.2) is 5.92 Å². The Morgan fingerprint density at radius 2 is 1.38 bits per heavy atom. The third kappa shape index (κ3) is 5.73. The van der Waals surface area contributed by atoms with Gasteiger partial charge in [-0.05, 0) is 6.42 Å². The number of hydrogen-bond acceptors (Lipinski definition) is 4. The Morgan fingerprint density at radius 1 is 0.875 bits per heavy atom. The first-order chi connectivity index (χ1) is 7.67. The molecule has 0 rings (SSSR count). The first-order valence-electron chi connectivity index (χ1n) is 5.69. The van der Waals surface area contributed by atoms with Crippen LogP contribution in [0.25, 0.3) is 0 Å². The summed E-state index contributed by atoms with van der Waals surface area (Å²) in [5, 5.41) is 0. The Bertz CT molecular complexity index is 197. The number of hydrogen-bond donors (Lipinski definition) is 0. The average Bonchev–Trinajstić information content (AvgIpc) is 2.32. The summed E-state index contributed by atoms with van der Waals surface area (Å²) in [6.45, 7) is 2.14. The number of methoxy groups -OCH3 is 2. The molecule has 4 heteroatoms. The van der Waals surface area contributed by atoms with E-state index in [0.29, 0.717) is 6.42 Å². The van der Waals surface area contributed by atoms with Gasteiger partial charge in [0, 0.05) is 0 Å². The molecule has 0 aliphatic heterocycles. The molecule has 0 saturated carbocycles. The molecule has 0 amide bonds. The van der Waals surface area contributed by atoms with Gasteiger partial charge in [-0.15, -0.1) is 0 Å². The van der Waals surface area contributed by atoms with Gasteiger partial charge in [0.05, 0.1) is 14.2 Å². The van der Waals surface area contributed by atoms with E-state index in [1.165, 1.54) is 27.1 Å². The predicted octanol–water partition coefficient (Wildman–Crippen LogP) is 2.27. The van der Waals surface area contributed by atoms with Crippen LogP contribution in [0.4, 0.5) is 0 Å². The van der Waals surface area contributed by atoms with Crippen molar-refractivity contribution in [3.8, 4) is 0 Å². The summed E-state index contributed by atoms with van der Waals surface area (Å²) >= 11 is 0. The highest BCUT2D eigenvalue weighted by Gasteiger charge is 2.29. The second-order valence-corrected chi connectivity index (χ2v) is 3.63. The monoisotopic (exact) mass is 229 g/mol. The van der Waals surface area contributed by atoms with Crippen LogP contribution in [0.5, 0.6) is 0 Å². The molecule has 0 aliphatic carbocycles. The van der Waals surface area contributed by atoms with Gasteiger partial charge >= 0.3 is 11.9 Å². The smallest absolute Gasteiger partial charge is 0.325 e. The van der Waals surface area contributed by atoms with Crippen LogP contribution in [0.1, 0.15) is 45.4 Å². The fourth-order valence-corrected chi connectivity index (χ4v) is 1.44. The molecule has 93 valence electrons. The summed E-state index contributed by atoms with van der Waals surface area (Å²) in [5.74, 6) is -1.05. The minimum atomic E-state index is -0.581. The maximum Gasteiger partial charge on any atom is 0.325 e. The number of rotatable bonds is 8. The molecule has 0 aliphatic rings. The number of esters is 2. The van der Waals surface area contributed by atoms with E-state index in [0.717, 1.165) is 19.3 Å². The van der Waals surface area contributed by atoms with Crippen molar-refractivity contribution in [1.29, 1.82) is 0 Å². The average molecular weight is 229 g/mol. The number of unbranched alkanes of at least 4 members (excludes halogenated alkanes) is 4. The van der Waals surface area contributed by atoms with Crippen LogP contribution >= 0.6 is 0 Å². The molecular formula is C12H21O4. The van der Waals surface area contributed by atoms with E-state index in [1.807, 2.05) is 0 Å². The van der Waals surface area contributed by atoms with Gasteiger partial charge in [-0.3, -0.25) is 9.59 Å². The molecule has 0 fully saturated rings. The van der Waals surface area contributed by atoms with Gasteiger partial charge in [0.1, 0.15) is 0 Å². The standard InChI is InChI=1S/C12H21O4/c1-4-5-6-7-8-9-10(11(13)15-2)12(14)16-3/h4-9H2,1-3H3. The maximum atomic E-state index is 11.3. The van der Waals surface area contributed by atoms with Gasteiger partial charge in [-0.25, -0.2) is 0 Å². The van der Waals surface area contributed by atoms with Crippen molar-refractivity contribution < 1.29 is 19.1 Å². The van der Waals surface area contributed by atoms with Crippen LogP contribution in [-0.4, -0.2) is 26.2 Å². The molecule has 0 spiro atoms. The number of carbonyl (C=O) groups is 2. The minimum Gasteiger partial charge on any atom is -0.468 e. The van der Waals surface area contributed by atoms with Crippen LogP contribution in [0.2, 0.25) is 0 Å². The summed E-state index contributed by atoms with van der Waals surface area (Å²) in [6.07, 6.45) is 5.76. The summed E-state index contributed by atoms with van der Waals surface area (Å²) in [7, 11) is 2.53. The van der Waals surface area contributed by atoms with Crippen LogP contribution < -0.4 is 0 Å². The zero-order valence-electron chi connectivity index (χ0n) is 10.4. The Hall–Kier alpha value is -1.06. The zero-order chi connectivity index (χ0) is 12.4. The van der Waals surface area contributed by atoms with E-state index in [4.69, 9.17) is 0 Å². The fourth-order valence-electron chi connectivity index (χ4n) is 1.44. The molecule has 16 heavy (non-hydrogen) atoms. The van der Waals surface area contributed by atoms with Crippen molar-refractivity contribution in [2.75, 3.05) is 14.2 Å². The Labute approximate surface area is 97.3 Å². The second kappa shape index (κ2) is 9.19. The molecular weight excluding hydrogens is 208 g/mol. The lowest BCUT2D eigenvalue weighted by Crippen LogP contribution is -2.24. The van der Waals surface area contributed by atoms with Crippen LogP contribution in [0, 0.1) is 5.92 Å². The highest BCUT2D eigenvalue weighted by atomic mass is 16.5. The maximum absolute atomic E-state index is 11.3. The summed E-state index contributed by atoms with van der Waals surface area (Å²) in [4.78, 5) is 22.5. The Morgan fingerprint density at radius 3 is 1.81 bits per heavy atom. The molecule has 0 unspecified atom stereocenters. The molecule has 0 heterocycles. The molecule has 1 radical (unpaired) electrons. The lowest BCUT2D eigenvalue weighted by atomic mass is 10.0. The first kappa shape index (κ1) is 14.9. The van der Waals surface area contributed by atoms with Crippen molar-refractivity contribution in [2.45, 2.75) is 45.4 Å². The van der Waals surface area contributed by atoms with Crippen molar-refractivity contribution in [3.63, 3.8) is 0 Å².